The van der Waals surface area contributed by atoms with Gasteiger partial charge >= 0.3 is 0 Å². The molecule has 6 aromatic carbocycles. The monoisotopic (exact) mass is 616 g/mol. The first-order valence-electron chi connectivity index (χ1n) is 16.3. The first-order valence-corrected chi connectivity index (χ1v) is 16.3. The van der Waals surface area contributed by atoms with Gasteiger partial charge in [-0.1, -0.05) is 84.9 Å². The summed E-state index contributed by atoms with van der Waals surface area (Å²) in [6, 6.07) is 53.6. The van der Waals surface area contributed by atoms with E-state index >= 15 is 0 Å². The summed E-state index contributed by atoms with van der Waals surface area (Å²) < 4.78 is 4.57. The predicted octanol–water partition coefficient (Wildman–Crippen LogP) is 11.1. The van der Waals surface area contributed by atoms with Gasteiger partial charge in [-0.3, -0.25) is 9.55 Å². The fourth-order valence-corrected chi connectivity index (χ4v) is 7.27. The summed E-state index contributed by atoms with van der Waals surface area (Å²) in [6.07, 6.45) is 2.00. The smallest absolute Gasteiger partial charge is 0.145 e. The molecule has 0 saturated heterocycles. The van der Waals surface area contributed by atoms with Gasteiger partial charge in [0.1, 0.15) is 5.82 Å². The van der Waals surface area contributed by atoms with Crippen molar-refractivity contribution < 1.29 is 0 Å². The lowest BCUT2D eigenvalue weighted by Gasteiger charge is -2.16. The molecule has 0 aliphatic rings. The molecule has 0 bridgehead atoms. The molecule has 0 fully saturated rings. The van der Waals surface area contributed by atoms with Crippen LogP contribution in [0.3, 0.4) is 0 Å². The summed E-state index contributed by atoms with van der Waals surface area (Å²) in [7, 11) is 0. The van der Waals surface area contributed by atoms with Gasteiger partial charge in [-0.2, -0.15) is 0 Å². The molecule has 0 saturated carbocycles. The van der Waals surface area contributed by atoms with Crippen molar-refractivity contribution in [3.63, 3.8) is 0 Å². The van der Waals surface area contributed by atoms with Crippen molar-refractivity contribution >= 4 is 32.8 Å². The second-order valence-electron chi connectivity index (χ2n) is 12.4. The van der Waals surface area contributed by atoms with Gasteiger partial charge in [0, 0.05) is 27.6 Å². The van der Waals surface area contributed by atoms with Gasteiger partial charge in [-0.25, -0.2) is 4.98 Å². The second-order valence-corrected chi connectivity index (χ2v) is 12.4. The summed E-state index contributed by atoms with van der Waals surface area (Å²) in [4.78, 5) is 10.3. The van der Waals surface area contributed by atoms with E-state index in [0.29, 0.717) is 0 Å². The molecule has 0 radical (unpaired) electrons. The number of aromatic nitrogens is 4. The van der Waals surface area contributed by atoms with E-state index in [1.54, 1.807) is 0 Å². The summed E-state index contributed by atoms with van der Waals surface area (Å²) in [5.74, 6) is 0.902. The zero-order valence-electron chi connectivity index (χ0n) is 26.8. The quantitative estimate of drug-likeness (QED) is 0.193. The standard InChI is InChI=1S/C44H32N4/c1-29-13-12-14-30(2)43(29)32-25-31(26-33(27-32)44-46-39-19-8-11-22-42(39)48(44)34-15-4-3-5-16-34)38-24-23-35(28-45-38)47-40-20-9-6-17-36(40)37-18-7-10-21-41(37)47/h3-28H,1-2H3. The van der Waals surface area contributed by atoms with Gasteiger partial charge in [-0.15, -0.1) is 0 Å². The molecule has 0 spiro atoms. The molecule has 9 rings (SSSR count). The number of fused-ring (bicyclic) bond motifs is 4. The highest BCUT2D eigenvalue weighted by Gasteiger charge is 2.18. The van der Waals surface area contributed by atoms with Crippen molar-refractivity contribution in [3.8, 4) is 45.1 Å². The SMILES string of the molecule is Cc1cccc(C)c1-c1cc(-c2ccc(-n3c4ccccc4c4ccccc43)cn2)cc(-c2nc3ccccc3n2-c2ccccc2)c1. The fourth-order valence-electron chi connectivity index (χ4n) is 7.27. The lowest BCUT2D eigenvalue weighted by molar-refractivity contribution is 1.10. The number of hydrogen-bond donors (Lipinski definition) is 0. The van der Waals surface area contributed by atoms with E-state index in [9.17, 15) is 0 Å². The van der Waals surface area contributed by atoms with Crippen LogP contribution in [0.5, 0.6) is 0 Å². The molecule has 0 N–H and O–H groups in total. The summed E-state index contributed by atoms with van der Waals surface area (Å²) in [5, 5.41) is 2.48. The van der Waals surface area contributed by atoms with E-state index in [1.165, 1.54) is 38.5 Å². The van der Waals surface area contributed by atoms with Crippen LogP contribution in [0.4, 0.5) is 0 Å². The van der Waals surface area contributed by atoms with Crippen molar-refractivity contribution in [1.82, 2.24) is 19.1 Å². The predicted molar refractivity (Wildman–Crippen MR) is 199 cm³/mol. The summed E-state index contributed by atoms with van der Waals surface area (Å²) in [6.45, 7) is 4.37. The van der Waals surface area contributed by atoms with Crippen LogP contribution < -0.4 is 0 Å². The van der Waals surface area contributed by atoms with Gasteiger partial charge in [0.2, 0.25) is 0 Å². The molecule has 3 aromatic heterocycles. The molecule has 228 valence electrons. The van der Waals surface area contributed by atoms with E-state index in [0.717, 1.165) is 50.6 Å². The second kappa shape index (κ2) is 11.2. The van der Waals surface area contributed by atoms with Crippen molar-refractivity contribution in [3.05, 3.63) is 169 Å². The van der Waals surface area contributed by atoms with E-state index in [4.69, 9.17) is 9.97 Å². The van der Waals surface area contributed by atoms with E-state index in [-0.39, 0.29) is 0 Å². The largest absolute Gasteiger partial charge is 0.308 e. The lowest BCUT2D eigenvalue weighted by Crippen LogP contribution is -1.99. The lowest BCUT2D eigenvalue weighted by atomic mass is 9.92. The van der Waals surface area contributed by atoms with Crippen LogP contribution in [0, 0.1) is 13.8 Å². The number of rotatable bonds is 5. The number of pyridine rings is 1. The Kier molecular flexibility index (Phi) is 6.54. The minimum atomic E-state index is 0.902. The minimum absolute atomic E-state index is 0.902. The Bertz CT molecular complexity index is 2550. The normalized spacial score (nSPS) is 11.5. The molecule has 0 amide bonds. The third-order valence-electron chi connectivity index (χ3n) is 9.42. The number of hydrogen-bond acceptors (Lipinski definition) is 2. The maximum Gasteiger partial charge on any atom is 0.145 e. The highest BCUT2D eigenvalue weighted by atomic mass is 15.1. The Balaban J connectivity index is 1.25. The van der Waals surface area contributed by atoms with Crippen molar-refractivity contribution in [2.75, 3.05) is 0 Å². The molecule has 4 nitrogen and oxygen atoms in total. The molecule has 4 heteroatoms. The maximum absolute atomic E-state index is 5.22. The molecule has 3 heterocycles. The summed E-state index contributed by atoms with van der Waals surface area (Å²) in [5.41, 5.74) is 14.4. The third-order valence-corrected chi connectivity index (χ3v) is 9.42. The van der Waals surface area contributed by atoms with Gasteiger partial charge in [-0.05, 0) is 103 Å². The van der Waals surface area contributed by atoms with Crippen LogP contribution in [-0.4, -0.2) is 19.1 Å². The molecule has 0 atom stereocenters. The number of imidazole rings is 1. The van der Waals surface area contributed by atoms with Crippen LogP contribution in [0.25, 0.3) is 78.0 Å². The first-order chi connectivity index (χ1) is 23.6. The zero-order chi connectivity index (χ0) is 32.2. The number of nitrogens with zero attached hydrogens (tertiary/aromatic N) is 4. The molecular weight excluding hydrogens is 585 g/mol. The van der Waals surface area contributed by atoms with Crippen LogP contribution in [0.2, 0.25) is 0 Å². The highest BCUT2D eigenvalue weighted by molar-refractivity contribution is 6.09. The Morgan fingerprint density at radius 3 is 1.75 bits per heavy atom. The third kappa shape index (κ3) is 4.53. The molecule has 0 aliphatic heterocycles. The van der Waals surface area contributed by atoms with Gasteiger partial charge in [0.05, 0.1) is 39.6 Å². The van der Waals surface area contributed by atoms with Gasteiger partial charge in [0.25, 0.3) is 0 Å². The number of benzene rings is 6. The van der Waals surface area contributed by atoms with E-state index < -0.39 is 0 Å². The first kappa shape index (κ1) is 28.0. The Morgan fingerprint density at radius 2 is 1.06 bits per heavy atom. The fraction of sp³-hybridized carbons (Fsp3) is 0.0455. The zero-order valence-corrected chi connectivity index (χ0v) is 26.8. The van der Waals surface area contributed by atoms with Gasteiger partial charge < -0.3 is 4.57 Å². The molecular formula is C44H32N4. The molecule has 9 aromatic rings. The number of para-hydroxylation sites is 5. The van der Waals surface area contributed by atoms with E-state index in [1.807, 2.05) is 6.20 Å². The van der Waals surface area contributed by atoms with Crippen LogP contribution in [0.15, 0.2) is 158 Å². The average Bonchev–Trinajstić information content (AvgIpc) is 3.69. The molecule has 0 unspecified atom stereocenters. The van der Waals surface area contributed by atoms with Crippen molar-refractivity contribution in [2.45, 2.75) is 13.8 Å². The molecule has 0 aliphatic carbocycles. The summed E-state index contributed by atoms with van der Waals surface area (Å²) >= 11 is 0. The topological polar surface area (TPSA) is 35.6 Å². The van der Waals surface area contributed by atoms with Crippen molar-refractivity contribution in [2.24, 2.45) is 0 Å². The minimum Gasteiger partial charge on any atom is -0.308 e. The maximum atomic E-state index is 5.22. The van der Waals surface area contributed by atoms with Crippen LogP contribution in [0.1, 0.15) is 11.1 Å². The van der Waals surface area contributed by atoms with Crippen LogP contribution >= 0.6 is 0 Å². The van der Waals surface area contributed by atoms with Crippen LogP contribution in [-0.2, 0) is 0 Å². The number of aryl methyl sites for hydroxylation is 2. The van der Waals surface area contributed by atoms with Gasteiger partial charge in [0.15, 0.2) is 0 Å². The Morgan fingerprint density at radius 1 is 0.458 bits per heavy atom. The highest BCUT2D eigenvalue weighted by Crippen LogP contribution is 2.38. The average molecular weight is 617 g/mol. The van der Waals surface area contributed by atoms with E-state index in [2.05, 4.69) is 175 Å². The van der Waals surface area contributed by atoms with Crippen molar-refractivity contribution in [1.29, 1.82) is 0 Å². The molecule has 48 heavy (non-hydrogen) atoms. The Labute approximate surface area is 279 Å². The Hall–Kier alpha value is -6.26.